The highest BCUT2D eigenvalue weighted by Crippen LogP contribution is 2.37. The number of rotatable bonds is 4. The summed E-state index contributed by atoms with van der Waals surface area (Å²) in [5.74, 6) is 0.0224. The predicted molar refractivity (Wildman–Crippen MR) is 90.2 cm³/mol. The Morgan fingerprint density at radius 1 is 1.13 bits per heavy atom. The number of amides is 1. The summed E-state index contributed by atoms with van der Waals surface area (Å²) in [5, 5.41) is 2.99. The molecule has 1 N–H and O–H groups in total. The predicted octanol–water partition coefficient (Wildman–Crippen LogP) is 3.48. The van der Waals surface area contributed by atoms with Gasteiger partial charge >= 0.3 is 0 Å². The van der Waals surface area contributed by atoms with Gasteiger partial charge in [-0.1, -0.05) is 30.3 Å². The molecule has 1 aromatic heterocycles. The van der Waals surface area contributed by atoms with Gasteiger partial charge in [-0.15, -0.1) is 0 Å². The zero-order valence-corrected chi connectivity index (χ0v) is 12.7. The Kier molecular flexibility index (Phi) is 3.42. The van der Waals surface area contributed by atoms with Gasteiger partial charge in [-0.05, 0) is 40.8 Å². The van der Waals surface area contributed by atoms with Crippen molar-refractivity contribution < 1.29 is 4.79 Å². The van der Waals surface area contributed by atoms with Crippen molar-refractivity contribution in [3.8, 4) is 11.1 Å². The van der Waals surface area contributed by atoms with E-state index in [1.54, 1.807) is 12.5 Å². The molecule has 0 atom stereocenters. The molecule has 0 saturated heterocycles. The van der Waals surface area contributed by atoms with Crippen LogP contribution in [0, 0.1) is 0 Å². The Morgan fingerprint density at radius 3 is 2.87 bits per heavy atom. The fourth-order valence-electron chi connectivity index (χ4n) is 3.10. The summed E-state index contributed by atoms with van der Waals surface area (Å²) < 4.78 is 1.90. The van der Waals surface area contributed by atoms with Gasteiger partial charge < -0.3 is 9.88 Å². The summed E-state index contributed by atoms with van der Waals surface area (Å²) in [6.07, 6.45) is 6.67. The minimum Gasteiger partial charge on any atom is -0.337 e. The molecule has 2 aromatic carbocycles. The minimum absolute atomic E-state index is 0.0224. The van der Waals surface area contributed by atoms with E-state index in [2.05, 4.69) is 46.7 Å². The Bertz CT molecular complexity index is 853. The van der Waals surface area contributed by atoms with E-state index in [1.807, 2.05) is 16.8 Å². The molecule has 23 heavy (non-hydrogen) atoms. The molecule has 0 radical (unpaired) electrons. The van der Waals surface area contributed by atoms with Gasteiger partial charge in [0.05, 0.1) is 6.33 Å². The quantitative estimate of drug-likeness (QED) is 0.627. The number of aryl methyl sites for hydroxylation is 1. The van der Waals surface area contributed by atoms with Gasteiger partial charge in [0.2, 0.25) is 5.91 Å². The van der Waals surface area contributed by atoms with Gasteiger partial charge in [-0.3, -0.25) is 4.79 Å². The number of hydrogen-bond acceptors (Lipinski definition) is 2. The van der Waals surface area contributed by atoms with Crippen molar-refractivity contribution in [3.63, 3.8) is 0 Å². The number of benzene rings is 2. The van der Waals surface area contributed by atoms with Crippen LogP contribution in [0.1, 0.15) is 17.5 Å². The lowest BCUT2D eigenvalue weighted by molar-refractivity contribution is -0.116. The summed E-state index contributed by atoms with van der Waals surface area (Å²) in [7, 11) is 0. The highest BCUT2D eigenvalue weighted by molar-refractivity contribution is 5.91. The Hall–Kier alpha value is -2.88. The third-order valence-electron chi connectivity index (χ3n) is 4.23. The van der Waals surface area contributed by atoms with Crippen LogP contribution in [0.5, 0.6) is 0 Å². The molecule has 0 spiro atoms. The average Bonchev–Trinajstić information content (AvgIpc) is 3.20. The second-order valence-corrected chi connectivity index (χ2v) is 5.80. The molecule has 3 aromatic rings. The lowest BCUT2D eigenvalue weighted by Gasteiger charge is -2.08. The molecule has 1 heterocycles. The van der Waals surface area contributed by atoms with Crippen LogP contribution in [0.15, 0.2) is 61.2 Å². The van der Waals surface area contributed by atoms with Crippen LogP contribution in [-0.2, 0) is 17.8 Å². The van der Waals surface area contributed by atoms with Gasteiger partial charge in [-0.2, -0.15) is 0 Å². The Morgan fingerprint density at radius 2 is 2.00 bits per heavy atom. The molecular formula is C19H17N3O. The van der Waals surface area contributed by atoms with Crippen LogP contribution in [0.3, 0.4) is 0 Å². The van der Waals surface area contributed by atoms with E-state index >= 15 is 0 Å². The van der Waals surface area contributed by atoms with Crippen molar-refractivity contribution >= 4 is 11.6 Å². The summed E-state index contributed by atoms with van der Waals surface area (Å²) in [6.45, 7) is 0.641. The van der Waals surface area contributed by atoms with E-state index in [9.17, 15) is 4.79 Å². The molecule has 1 amide bonds. The fourth-order valence-corrected chi connectivity index (χ4v) is 3.10. The smallest absolute Gasteiger partial charge is 0.226 e. The number of carbonyl (C=O) groups excluding carboxylic acids is 1. The van der Waals surface area contributed by atoms with Crippen molar-refractivity contribution in [3.05, 3.63) is 72.3 Å². The first-order valence-corrected chi connectivity index (χ1v) is 7.76. The number of fused-ring (bicyclic) bond motifs is 3. The maximum atomic E-state index is 12.1. The van der Waals surface area contributed by atoms with Crippen LogP contribution < -0.4 is 5.32 Å². The zero-order valence-electron chi connectivity index (χ0n) is 12.7. The van der Waals surface area contributed by atoms with Crippen LogP contribution in [0.4, 0.5) is 5.69 Å². The largest absolute Gasteiger partial charge is 0.337 e. The fraction of sp³-hybridized carbons (Fsp3) is 0.158. The number of hydrogen-bond donors (Lipinski definition) is 1. The Labute approximate surface area is 134 Å². The van der Waals surface area contributed by atoms with Crippen LogP contribution in [0.25, 0.3) is 11.1 Å². The van der Waals surface area contributed by atoms with E-state index < -0.39 is 0 Å². The molecule has 1 aliphatic carbocycles. The molecule has 0 aliphatic heterocycles. The third-order valence-corrected chi connectivity index (χ3v) is 4.23. The molecule has 1 aliphatic rings. The highest BCUT2D eigenvalue weighted by atomic mass is 16.1. The number of aromatic nitrogens is 2. The summed E-state index contributed by atoms with van der Waals surface area (Å²) in [6, 6.07) is 14.6. The van der Waals surface area contributed by atoms with Gasteiger partial charge in [0.25, 0.3) is 0 Å². The average molecular weight is 303 g/mol. The molecule has 0 saturated carbocycles. The lowest BCUT2D eigenvalue weighted by atomic mass is 10.1. The summed E-state index contributed by atoms with van der Waals surface area (Å²) in [4.78, 5) is 16.1. The first-order chi connectivity index (χ1) is 11.3. The van der Waals surface area contributed by atoms with Crippen molar-refractivity contribution in [2.75, 3.05) is 5.32 Å². The summed E-state index contributed by atoms with van der Waals surface area (Å²) in [5.41, 5.74) is 6.08. The van der Waals surface area contributed by atoms with Gasteiger partial charge in [0.1, 0.15) is 0 Å². The Balaban J connectivity index is 1.45. The monoisotopic (exact) mass is 303 g/mol. The number of nitrogens with one attached hydrogen (secondary N) is 1. The molecule has 4 rings (SSSR count). The normalized spacial score (nSPS) is 11.8. The van der Waals surface area contributed by atoms with E-state index in [-0.39, 0.29) is 5.91 Å². The van der Waals surface area contributed by atoms with Crippen LogP contribution in [0.2, 0.25) is 0 Å². The third kappa shape index (κ3) is 2.75. The first kappa shape index (κ1) is 13.8. The van der Waals surface area contributed by atoms with E-state index in [0.717, 1.165) is 12.1 Å². The molecule has 4 heteroatoms. The molecule has 0 fully saturated rings. The minimum atomic E-state index is 0.0224. The van der Waals surface area contributed by atoms with Crippen molar-refractivity contribution in [2.45, 2.75) is 19.4 Å². The van der Waals surface area contributed by atoms with Gasteiger partial charge in [0.15, 0.2) is 0 Å². The molecule has 114 valence electrons. The summed E-state index contributed by atoms with van der Waals surface area (Å²) >= 11 is 0. The van der Waals surface area contributed by atoms with Crippen LogP contribution >= 0.6 is 0 Å². The van der Waals surface area contributed by atoms with Crippen molar-refractivity contribution in [1.82, 2.24) is 9.55 Å². The topological polar surface area (TPSA) is 46.9 Å². The zero-order chi connectivity index (χ0) is 15.6. The van der Waals surface area contributed by atoms with Crippen LogP contribution in [-0.4, -0.2) is 15.5 Å². The maximum absolute atomic E-state index is 12.1. The second kappa shape index (κ2) is 5.72. The van der Waals surface area contributed by atoms with Gasteiger partial charge in [-0.25, -0.2) is 4.98 Å². The van der Waals surface area contributed by atoms with E-state index in [0.29, 0.717) is 13.0 Å². The molecule has 0 bridgehead atoms. The molecule has 0 unspecified atom stereocenters. The molecule has 4 nitrogen and oxygen atoms in total. The number of anilines is 1. The van der Waals surface area contributed by atoms with Gasteiger partial charge in [0, 0.05) is 31.0 Å². The number of nitrogens with zero attached hydrogens (tertiary/aromatic N) is 2. The van der Waals surface area contributed by atoms with Crippen molar-refractivity contribution in [2.24, 2.45) is 0 Å². The lowest BCUT2D eigenvalue weighted by Crippen LogP contribution is -2.14. The first-order valence-electron chi connectivity index (χ1n) is 7.76. The maximum Gasteiger partial charge on any atom is 0.226 e. The number of carbonyl (C=O) groups is 1. The standard InChI is InChI=1S/C19H17N3O/c23-19(7-9-22-10-8-20-13-22)21-16-5-6-18-15(12-16)11-14-3-1-2-4-17(14)18/h1-6,8,10,12-13H,7,9,11H2,(H,21,23). The van der Waals surface area contributed by atoms with E-state index in [1.165, 1.54) is 22.3 Å². The highest BCUT2D eigenvalue weighted by Gasteiger charge is 2.18. The van der Waals surface area contributed by atoms with Crippen molar-refractivity contribution in [1.29, 1.82) is 0 Å². The van der Waals surface area contributed by atoms with E-state index in [4.69, 9.17) is 0 Å². The molecular weight excluding hydrogens is 286 g/mol. The number of imidazole rings is 1. The second-order valence-electron chi connectivity index (χ2n) is 5.80. The SMILES string of the molecule is O=C(CCn1ccnc1)Nc1ccc2c(c1)Cc1ccccc1-2.